The van der Waals surface area contributed by atoms with Gasteiger partial charge in [0, 0.05) is 12.6 Å². The van der Waals surface area contributed by atoms with Crippen LogP contribution in [-0.2, 0) is 4.79 Å². The predicted molar refractivity (Wildman–Crippen MR) is 77.7 cm³/mol. The lowest BCUT2D eigenvalue weighted by Gasteiger charge is -2.24. The molecule has 0 radical (unpaired) electrons. The van der Waals surface area contributed by atoms with E-state index >= 15 is 0 Å². The number of nitrogens with zero attached hydrogens (tertiary/aromatic N) is 1. The van der Waals surface area contributed by atoms with Crippen LogP contribution in [0.15, 0.2) is 0 Å². The smallest absolute Gasteiger partial charge is 0.326 e. The first-order valence-corrected chi connectivity index (χ1v) is 7.46. The molecule has 1 fully saturated rings. The lowest BCUT2D eigenvalue weighted by molar-refractivity contribution is -0.140. The van der Waals surface area contributed by atoms with Gasteiger partial charge in [-0.2, -0.15) is 0 Å². The molecule has 0 bridgehead atoms. The minimum Gasteiger partial charge on any atom is -0.480 e. The first-order valence-electron chi connectivity index (χ1n) is 7.46. The molecule has 0 aromatic carbocycles. The number of carboxylic acid groups (broad SMARTS) is 1. The van der Waals surface area contributed by atoms with Crippen molar-refractivity contribution >= 4 is 12.0 Å². The van der Waals surface area contributed by atoms with Crippen LogP contribution in [0.3, 0.4) is 0 Å². The molecular formula is C14H27N3O3. The number of nitrogens with one attached hydrogen (secondary N) is 2. The van der Waals surface area contributed by atoms with E-state index in [-0.39, 0.29) is 12.0 Å². The highest BCUT2D eigenvalue weighted by Gasteiger charge is 2.26. The van der Waals surface area contributed by atoms with Crippen molar-refractivity contribution < 1.29 is 14.7 Å². The second kappa shape index (κ2) is 8.09. The molecule has 6 heteroatoms. The fourth-order valence-corrected chi connectivity index (χ4v) is 2.49. The summed E-state index contributed by atoms with van der Waals surface area (Å²) in [6.45, 7) is 8.66. The van der Waals surface area contributed by atoms with Crippen LogP contribution < -0.4 is 10.6 Å². The normalized spacial score (nSPS) is 20.1. The third-order valence-corrected chi connectivity index (χ3v) is 3.87. The maximum atomic E-state index is 11.9. The molecule has 116 valence electrons. The van der Waals surface area contributed by atoms with Gasteiger partial charge in [0.1, 0.15) is 6.04 Å². The van der Waals surface area contributed by atoms with Gasteiger partial charge in [-0.3, -0.25) is 0 Å². The third kappa shape index (κ3) is 5.36. The largest absolute Gasteiger partial charge is 0.480 e. The van der Waals surface area contributed by atoms with Crippen LogP contribution in [0, 0.1) is 5.92 Å². The molecule has 20 heavy (non-hydrogen) atoms. The summed E-state index contributed by atoms with van der Waals surface area (Å²) in [7, 11) is 0. The Morgan fingerprint density at radius 1 is 1.20 bits per heavy atom. The molecule has 1 unspecified atom stereocenters. The lowest BCUT2D eigenvalue weighted by Crippen LogP contribution is -2.52. The summed E-state index contributed by atoms with van der Waals surface area (Å²) < 4.78 is 0. The van der Waals surface area contributed by atoms with Crippen LogP contribution in [-0.4, -0.2) is 53.7 Å². The van der Waals surface area contributed by atoms with Crippen molar-refractivity contribution in [3.05, 3.63) is 0 Å². The van der Waals surface area contributed by atoms with Crippen molar-refractivity contribution in [3.8, 4) is 0 Å². The zero-order valence-electron chi connectivity index (χ0n) is 12.7. The van der Waals surface area contributed by atoms with Gasteiger partial charge in [0.2, 0.25) is 0 Å². The number of urea groups is 1. The molecule has 6 nitrogen and oxygen atoms in total. The summed E-state index contributed by atoms with van der Waals surface area (Å²) in [5.74, 6) is -1.08. The van der Waals surface area contributed by atoms with Gasteiger partial charge in [-0.25, -0.2) is 9.59 Å². The van der Waals surface area contributed by atoms with Gasteiger partial charge in [-0.15, -0.1) is 0 Å². The Morgan fingerprint density at radius 2 is 1.80 bits per heavy atom. The van der Waals surface area contributed by atoms with Crippen LogP contribution in [0.2, 0.25) is 0 Å². The van der Waals surface area contributed by atoms with Gasteiger partial charge in [0.25, 0.3) is 0 Å². The molecule has 3 N–H and O–H groups in total. The summed E-state index contributed by atoms with van der Waals surface area (Å²) in [6.07, 6.45) is 3.14. The van der Waals surface area contributed by atoms with Crippen molar-refractivity contribution in [2.45, 2.75) is 52.1 Å². The Hall–Kier alpha value is -1.30. The Balaban J connectivity index is 2.38. The van der Waals surface area contributed by atoms with E-state index in [0.717, 1.165) is 19.6 Å². The fraction of sp³-hybridized carbons (Fsp3) is 0.857. The topological polar surface area (TPSA) is 81.7 Å². The summed E-state index contributed by atoms with van der Waals surface area (Å²) in [5, 5.41) is 14.5. The van der Waals surface area contributed by atoms with Crippen molar-refractivity contribution in [1.82, 2.24) is 15.5 Å². The minimum atomic E-state index is -0.985. The molecule has 1 heterocycles. The summed E-state index contributed by atoms with van der Waals surface area (Å²) in [6, 6.07) is -1.22. The van der Waals surface area contributed by atoms with Crippen molar-refractivity contribution in [1.29, 1.82) is 0 Å². The van der Waals surface area contributed by atoms with Gasteiger partial charge < -0.3 is 20.6 Å². The van der Waals surface area contributed by atoms with E-state index in [2.05, 4.69) is 15.5 Å². The van der Waals surface area contributed by atoms with E-state index in [1.165, 1.54) is 12.8 Å². The predicted octanol–water partition coefficient (Wildman–Crippen LogP) is 1.27. The number of carbonyl (C=O) groups is 2. The third-order valence-electron chi connectivity index (χ3n) is 3.87. The van der Waals surface area contributed by atoms with Gasteiger partial charge in [-0.1, -0.05) is 20.3 Å². The Bertz CT molecular complexity index is 330. The van der Waals surface area contributed by atoms with E-state index in [4.69, 9.17) is 5.11 Å². The highest BCUT2D eigenvalue weighted by Crippen LogP contribution is 2.09. The van der Waals surface area contributed by atoms with Gasteiger partial charge in [-0.05, 0) is 38.8 Å². The summed E-state index contributed by atoms with van der Waals surface area (Å²) >= 11 is 0. The highest BCUT2D eigenvalue weighted by molar-refractivity contribution is 5.82. The molecule has 0 spiro atoms. The second-order valence-electron chi connectivity index (χ2n) is 5.73. The molecule has 0 saturated carbocycles. The first-order chi connectivity index (χ1) is 9.43. The maximum absolute atomic E-state index is 11.9. The average Bonchev–Trinajstić information content (AvgIpc) is 2.87. The van der Waals surface area contributed by atoms with Crippen molar-refractivity contribution in [2.75, 3.05) is 19.6 Å². The molecule has 1 aliphatic rings. The SMILES string of the molecule is CC[C@H](C)[C@H](NC(=O)NC(C)CN1CCCC1)C(=O)O. The Labute approximate surface area is 120 Å². The minimum absolute atomic E-state index is 0.0134. The van der Waals surface area contributed by atoms with Gasteiger partial charge >= 0.3 is 12.0 Å². The number of carbonyl (C=O) groups excluding carboxylic acids is 1. The molecule has 1 rings (SSSR count). The number of carboxylic acids is 1. The first kappa shape index (κ1) is 16.8. The second-order valence-corrected chi connectivity index (χ2v) is 5.73. The molecular weight excluding hydrogens is 258 g/mol. The number of hydrogen-bond acceptors (Lipinski definition) is 3. The molecule has 3 atom stereocenters. The highest BCUT2D eigenvalue weighted by atomic mass is 16.4. The number of aliphatic carboxylic acids is 1. The number of amides is 2. The van der Waals surface area contributed by atoms with Crippen LogP contribution in [0.5, 0.6) is 0 Å². The monoisotopic (exact) mass is 285 g/mol. The molecule has 1 aliphatic heterocycles. The van der Waals surface area contributed by atoms with E-state index in [9.17, 15) is 9.59 Å². The summed E-state index contributed by atoms with van der Waals surface area (Å²) in [4.78, 5) is 25.3. The zero-order chi connectivity index (χ0) is 15.1. The number of rotatable bonds is 7. The standard InChI is InChI=1S/C14H27N3O3/c1-4-10(2)12(13(18)19)16-14(20)15-11(3)9-17-7-5-6-8-17/h10-12H,4-9H2,1-3H3,(H,18,19)(H2,15,16,20)/t10-,11?,12-/m0/s1. The van der Waals surface area contributed by atoms with Crippen molar-refractivity contribution in [2.24, 2.45) is 5.92 Å². The van der Waals surface area contributed by atoms with Crippen molar-refractivity contribution in [3.63, 3.8) is 0 Å². The van der Waals surface area contributed by atoms with Gasteiger partial charge in [0.05, 0.1) is 0 Å². The van der Waals surface area contributed by atoms with E-state index in [1.54, 1.807) is 0 Å². The molecule has 2 amide bonds. The van der Waals surface area contributed by atoms with Crippen LogP contribution in [0.1, 0.15) is 40.0 Å². The Kier molecular flexibility index (Phi) is 6.78. The van der Waals surface area contributed by atoms with Crippen LogP contribution in [0.25, 0.3) is 0 Å². The number of likely N-dealkylation sites (tertiary alicyclic amines) is 1. The zero-order valence-corrected chi connectivity index (χ0v) is 12.7. The molecule has 1 saturated heterocycles. The molecule has 0 aromatic rings. The van der Waals surface area contributed by atoms with E-state index in [1.807, 2.05) is 20.8 Å². The van der Waals surface area contributed by atoms with Crippen LogP contribution in [0.4, 0.5) is 4.79 Å². The summed E-state index contributed by atoms with van der Waals surface area (Å²) in [5.41, 5.74) is 0. The van der Waals surface area contributed by atoms with Gasteiger partial charge in [0.15, 0.2) is 0 Å². The maximum Gasteiger partial charge on any atom is 0.326 e. The van der Waals surface area contributed by atoms with E-state index < -0.39 is 18.0 Å². The average molecular weight is 285 g/mol. The Morgan fingerprint density at radius 3 is 2.30 bits per heavy atom. The van der Waals surface area contributed by atoms with Crippen LogP contribution >= 0.6 is 0 Å². The fourth-order valence-electron chi connectivity index (χ4n) is 2.49. The quantitative estimate of drug-likeness (QED) is 0.658. The molecule has 0 aliphatic carbocycles. The van der Waals surface area contributed by atoms with E-state index in [0.29, 0.717) is 6.42 Å². The lowest BCUT2D eigenvalue weighted by atomic mass is 9.99. The molecule has 0 aromatic heterocycles. The number of hydrogen-bond donors (Lipinski definition) is 3.